The van der Waals surface area contributed by atoms with Gasteiger partial charge < -0.3 is 0 Å². The molecule has 0 unspecified atom stereocenters. The van der Waals surface area contributed by atoms with Crippen LogP contribution in [-0.2, 0) is 27.2 Å². The molecule has 1 nitrogen and oxygen atoms in total. The van der Waals surface area contributed by atoms with Crippen LogP contribution < -0.4 is 0 Å². The minimum absolute atomic E-state index is 0. The van der Waals surface area contributed by atoms with Crippen molar-refractivity contribution in [2.75, 3.05) is 0 Å². The third-order valence-corrected chi connectivity index (χ3v) is 2.32. The van der Waals surface area contributed by atoms with E-state index < -0.39 is 0 Å². The van der Waals surface area contributed by atoms with Gasteiger partial charge in [-0.2, -0.15) is 0 Å². The van der Waals surface area contributed by atoms with E-state index in [1.54, 1.807) is 22.3 Å². The monoisotopic (exact) mass is 468 g/mol. The first-order chi connectivity index (χ1) is 5.27. The molecule has 0 aliphatic heterocycles. The summed E-state index contributed by atoms with van der Waals surface area (Å²) in [7, 11) is 0. The van der Waals surface area contributed by atoms with Crippen molar-refractivity contribution >= 4 is 26.1 Å². The van der Waals surface area contributed by atoms with Crippen LogP contribution in [0.1, 0.15) is 51.9 Å². The summed E-state index contributed by atoms with van der Waals surface area (Å²) in [6.45, 7) is 2.22. The minimum atomic E-state index is 0. The van der Waals surface area contributed by atoms with E-state index in [1.807, 2.05) is 0 Å². The van der Waals surface area contributed by atoms with E-state index in [0.29, 0.717) is 3.83 Å². The molecule has 0 fully saturated rings. The molecule has 0 amide bonds. The second-order valence-corrected chi connectivity index (χ2v) is 4.19. The van der Waals surface area contributed by atoms with Crippen molar-refractivity contribution in [2.45, 2.75) is 51.9 Å². The first kappa shape index (κ1) is 15.7. The van der Waals surface area contributed by atoms with Crippen molar-refractivity contribution in [1.29, 1.82) is 0 Å². The summed E-state index contributed by atoms with van der Waals surface area (Å²) in [6.07, 6.45) is 8.42. The molecule has 0 aliphatic carbocycles. The summed E-state index contributed by atoms with van der Waals surface area (Å²) in [5.74, 6) is 0. The van der Waals surface area contributed by atoms with E-state index in [1.165, 1.54) is 32.1 Å². The maximum absolute atomic E-state index is 10.5. The molecule has 0 rings (SSSR count). The van der Waals surface area contributed by atoms with E-state index in [0.717, 1.165) is 12.8 Å². The van der Waals surface area contributed by atoms with Gasteiger partial charge in [0.05, 0.1) is 0 Å². The summed E-state index contributed by atoms with van der Waals surface area (Å²) in [6, 6.07) is 0. The molecule has 0 aromatic carbocycles. The van der Waals surface area contributed by atoms with E-state index in [4.69, 9.17) is 0 Å². The largest absolute Gasteiger partial charge is 0 e. The van der Waals surface area contributed by atoms with Gasteiger partial charge in [0.15, 0.2) is 0 Å². The molecular formula is C9H17AuOTe. The molecule has 12 heavy (non-hydrogen) atoms. The standard InChI is InChI=1S/C9H17OTe.Au/c1-2-3-4-5-6-7-8-9(10)11;/h2-8H2,1H3;. The number of carbonyl (C=O) groups is 1. The molecule has 0 heterocycles. The zero-order valence-electron chi connectivity index (χ0n) is 7.57. The molecule has 0 saturated heterocycles. The van der Waals surface area contributed by atoms with Crippen LogP contribution in [-0.4, -0.2) is 26.1 Å². The second-order valence-electron chi connectivity index (χ2n) is 2.89. The molecule has 0 saturated carbocycles. The Balaban J connectivity index is 0. The summed E-state index contributed by atoms with van der Waals surface area (Å²) >= 11 is 1.61. The van der Waals surface area contributed by atoms with Crippen LogP contribution in [0, 0.1) is 0 Å². The Bertz CT molecular complexity index is 107. The smallest absolute Gasteiger partial charge is 0 e. The first-order valence-electron chi connectivity index (χ1n) is 4.47. The SMILES string of the molecule is CCCCCCCCC(=O)[Te].[Au]. The van der Waals surface area contributed by atoms with Crippen molar-refractivity contribution in [2.24, 2.45) is 0 Å². The fourth-order valence-corrected chi connectivity index (χ4v) is 1.46. The van der Waals surface area contributed by atoms with Crippen molar-refractivity contribution in [3.05, 3.63) is 0 Å². The normalized spacial score (nSPS) is 9.08. The maximum Gasteiger partial charge on any atom is 0 e. The van der Waals surface area contributed by atoms with Gasteiger partial charge in [-0.15, -0.1) is 0 Å². The number of rotatable bonds is 7. The van der Waals surface area contributed by atoms with E-state index >= 15 is 0 Å². The fourth-order valence-electron chi connectivity index (χ4n) is 1.05. The van der Waals surface area contributed by atoms with Gasteiger partial charge in [-0.3, -0.25) is 0 Å². The van der Waals surface area contributed by atoms with Gasteiger partial charge in [-0.25, -0.2) is 0 Å². The summed E-state index contributed by atoms with van der Waals surface area (Å²) in [4.78, 5) is 10.5. The predicted molar refractivity (Wildman–Crippen MR) is 48.8 cm³/mol. The van der Waals surface area contributed by atoms with Crippen molar-refractivity contribution in [3.8, 4) is 0 Å². The minimum Gasteiger partial charge on any atom is 0 e. The number of hydrogen-bond donors (Lipinski definition) is 0. The van der Waals surface area contributed by atoms with Gasteiger partial charge in [0.1, 0.15) is 0 Å². The van der Waals surface area contributed by atoms with E-state index in [-0.39, 0.29) is 22.4 Å². The van der Waals surface area contributed by atoms with Crippen LogP contribution >= 0.6 is 0 Å². The van der Waals surface area contributed by atoms with Crippen LogP contribution in [0.25, 0.3) is 0 Å². The maximum atomic E-state index is 10.5. The molecular weight excluding hydrogens is 449 g/mol. The van der Waals surface area contributed by atoms with Crippen LogP contribution in [0.4, 0.5) is 0 Å². The van der Waals surface area contributed by atoms with Gasteiger partial charge in [-0.05, 0) is 0 Å². The zero-order valence-corrected chi connectivity index (χ0v) is 12.1. The van der Waals surface area contributed by atoms with Crippen molar-refractivity contribution in [1.82, 2.24) is 0 Å². The molecule has 0 spiro atoms. The Labute approximate surface area is 104 Å². The molecule has 0 aromatic heterocycles. The first-order valence-corrected chi connectivity index (χ1v) is 5.63. The van der Waals surface area contributed by atoms with Gasteiger partial charge in [0, 0.05) is 22.4 Å². The summed E-state index contributed by atoms with van der Waals surface area (Å²) < 4.78 is 0.344. The number of hydrogen-bond acceptors (Lipinski definition) is 1. The quantitative estimate of drug-likeness (QED) is 0.417. The van der Waals surface area contributed by atoms with Crippen LogP contribution in [0.3, 0.4) is 0 Å². The van der Waals surface area contributed by atoms with Crippen molar-refractivity contribution in [3.63, 3.8) is 0 Å². The fraction of sp³-hybridized carbons (Fsp3) is 0.889. The Morgan fingerprint density at radius 3 is 2.08 bits per heavy atom. The van der Waals surface area contributed by atoms with Gasteiger partial charge in [0.2, 0.25) is 0 Å². The van der Waals surface area contributed by atoms with Crippen LogP contribution in [0.2, 0.25) is 0 Å². The molecule has 0 N–H and O–H groups in total. The Morgan fingerprint density at radius 2 is 1.58 bits per heavy atom. The second kappa shape index (κ2) is 12.2. The third kappa shape index (κ3) is 13.8. The Kier molecular flexibility index (Phi) is 15.9. The predicted octanol–water partition coefficient (Wildman–Crippen LogP) is 2.43. The summed E-state index contributed by atoms with van der Waals surface area (Å²) in [5.41, 5.74) is 0. The third-order valence-electron chi connectivity index (χ3n) is 1.73. The van der Waals surface area contributed by atoms with Gasteiger partial charge in [-0.1, -0.05) is 0 Å². The number of unbranched alkanes of at least 4 members (excludes halogenated alkanes) is 5. The van der Waals surface area contributed by atoms with Gasteiger partial charge in [0.25, 0.3) is 0 Å². The average molecular weight is 466 g/mol. The van der Waals surface area contributed by atoms with E-state index in [9.17, 15) is 4.79 Å². The van der Waals surface area contributed by atoms with E-state index in [2.05, 4.69) is 6.92 Å². The molecule has 0 aliphatic rings. The molecule has 76 valence electrons. The average Bonchev–Trinajstić information content (AvgIpc) is 1.96. The van der Waals surface area contributed by atoms with Crippen molar-refractivity contribution < 1.29 is 27.2 Å². The summed E-state index contributed by atoms with van der Waals surface area (Å²) in [5, 5.41) is 0. The Hall–Kier alpha value is 1.20. The molecule has 0 atom stereocenters. The van der Waals surface area contributed by atoms with Crippen LogP contribution in [0.15, 0.2) is 0 Å². The molecule has 2 radical (unpaired) electrons. The molecule has 3 heteroatoms. The molecule has 0 aromatic rings. The van der Waals surface area contributed by atoms with Gasteiger partial charge >= 0.3 is 82.8 Å². The number of carbonyl (C=O) groups excluding carboxylic acids is 1. The topological polar surface area (TPSA) is 17.1 Å². The Morgan fingerprint density at radius 1 is 1.08 bits per heavy atom. The van der Waals surface area contributed by atoms with Crippen LogP contribution in [0.5, 0.6) is 0 Å². The molecule has 0 bridgehead atoms. The zero-order chi connectivity index (χ0) is 8.53.